The van der Waals surface area contributed by atoms with E-state index in [1.165, 1.54) is 9.80 Å². The maximum atomic E-state index is 12.5. The van der Waals surface area contributed by atoms with Gasteiger partial charge in [-0.05, 0) is 32.8 Å². The van der Waals surface area contributed by atoms with Gasteiger partial charge in [0.25, 0.3) is 0 Å². The summed E-state index contributed by atoms with van der Waals surface area (Å²) < 4.78 is 10.8. The minimum atomic E-state index is -1.06. The predicted molar refractivity (Wildman–Crippen MR) is 104 cm³/mol. The molecule has 1 N–H and O–H groups in total. The van der Waals surface area contributed by atoms with Crippen molar-refractivity contribution >= 4 is 18.2 Å². The lowest BCUT2D eigenvalue weighted by atomic mass is 9.72. The number of likely N-dealkylation sites (tertiary alicyclic amines) is 2. The molecule has 2 amide bonds. The molecule has 1 aromatic rings. The molecule has 2 aliphatic rings. The van der Waals surface area contributed by atoms with Crippen LogP contribution in [0.15, 0.2) is 30.3 Å². The highest BCUT2D eigenvalue weighted by Gasteiger charge is 2.57. The van der Waals surface area contributed by atoms with Crippen molar-refractivity contribution in [2.75, 3.05) is 26.2 Å². The van der Waals surface area contributed by atoms with E-state index in [0.717, 1.165) is 5.56 Å². The lowest BCUT2D eigenvalue weighted by molar-refractivity contribution is -0.153. The number of rotatable bonds is 3. The van der Waals surface area contributed by atoms with Gasteiger partial charge in [-0.2, -0.15) is 0 Å². The molecular weight excluding hydrogens is 376 g/mol. The number of carbonyl (C=O) groups is 3. The van der Waals surface area contributed by atoms with Crippen molar-refractivity contribution in [2.24, 2.45) is 11.3 Å². The van der Waals surface area contributed by atoms with Crippen LogP contribution in [0.1, 0.15) is 32.8 Å². The Labute approximate surface area is 170 Å². The topological polar surface area (TPSA) is 96.4 Å². The number of nitrogens with zero attached hydrogens (tertiary/aromatic N) is 2. The minimum Gasteiger partial charge on any atom is -0.481 e. The molecule has 0 saturated carbocycles. The second-order valence-corrected chi connectivity index (χ2v) is 8.76. The molecule has 0 unspecified atom stereocenters. The molecule has 2 atom stereocenters. The third kappa shape index (κ3) is 4.63. The average Bonchev–Trinajstić information content (AvgIpc) is 3.06. The third-order valence-corrected chi connectivity index (χ3v) is 5.50. The van der Waals surface area contributed by atoms with Crippen LogP contribution in [0, 0.1) is 11.3 Å². The number of aliphatic carboxylic acids is 1. The van der Waals surface area contributed by atoms with Crippen molar-refractivity contribution < 1.29 is 29.0 Å². The van der Waals surface area contributed by atoms with Gasteiger partial charge in [-0.1, -0.05) is 30.3 Å². The molecule has 8 nitrogen and oxygen atoms in total. The van der Waals surface area contributed by atoms with Gasteiger partial charge in [-0.15, -0.1) is 0 Å². The van der Waals surface area contributed by atoms with Crippen LogP contribution in [0.5, 0.6) is 0 Å². The van der Waals surface area contributed by atoms with Gasteiger partial charge in [-0.3, -0.25) is 4.79 Å². The maximum absolute atomic E-state index is 12.5. The van der Waals surface area contributed by atoms with Crippen LogP contribution < -0.4 is 0 Å². The van der Waals surface area contributed by atoms with Crippen molar-refractivity contribution in [3.63, 3.8) is 0 Å². The zero-order valence-corrected chi connectivity index (χ0v) is 17.1. The summed E-state index contributed by atoms with van der Waals surface area (Å²) in [6.45, 7) is 6.31. The fourth-order valence-corrected chi connectivity index (χ4v) is 3.97. The van der Waals surface area contributed by atoms with Gasteiger partial charge in [-0.25, -0.2) is 9.59 Å². The number of fused-ring (bicyclic) bond motifs is 1. The molecule has 2 aliphatic heterocycles. The summed E-state index contributed by atoms with van der Waals surface area (Å²) in [5.41, 5.74) is -0.837. The highest BCUT2D eigenvalue weighted by atomic mass is 16.6. The fraction of sp³-hybridized carbons (Fsp3) is 0.571. The number of benzene rings is 1. The molecule has 2 fully saturated rings. The van der Waals surface area contributed by atoms with E-state index in [9.17, 15) is 19.5 Å². The second kappa shape index (κ2) is 7.93. The summed E-state index contributed by atoms with van der Waals surface area (Å²) in [7, 11) is 0. The Kier molecular flexibility index (Phi) is 5.73. The molecule has 3 rings (SSSR count). The van der Waals surface area contributed by atoms with Gasteiger partial charge < -0.3 is 24.4 Å². The van der Waals surface area contributed by atoms with Crippen LogP contribution >= 0.6 is 0 Å². The van der Waals surface area contributed by atoms with Crippen molar-refractivity contribution in [1.29, 1.82) is 0 Å². The van der Waals surface area contributed by atoms with Crippen molar-refractivity contribution in [3.05, 3.63) is 35.9 Å². The average molecular weight is 404 g/mol. The van der Waals surface area contributed by atoms with Crippen LogP contribution in [-0.4, -0.2) is 64.8 Å². The van der Waals surface area contributed by atoms with Gasteiger partial charge in [0.1, 0.15) is 12.2 Å². The first-order valence-electron chi connectivity index (χ1n) is 9.78. The molecule has 1 aromatic carbocycles. The molecule has 8 heteroatoms. The second-order valence-electron chi connectivity index (χ2n) is 8.76. The van der Waals surface area contributed by atoms with E-state index < -0.39 is 29.2 Å². The largest absolute Gasteiger partial charge is 0.481 e. The number of piperidine rings is 1. The smallest absolute Gasteiger partial charge is 0.410 e. The minimum absolute atomic E-state index is 0.0921. The van der Waals surface area contributed by atoms with Crippen molar-refractivity contribution in [2.45, 2.75) is 39.4 Å². The Bertz CT molecular complexity index is 775. The SMILES string of the molecule is CC(C)(C)OC(=O)N1C[C@H]2CN(C(=O)OCc3ccccc3)CC[C@@]2(C(=O)O)C1. The maximum Gasteiger partial charge on any atom is 0.410 e. The first-order valence-corrected chi connectivity index (χ1v) is 9.78. The summed E-state index contributed by atoms with van der Waals surface area (Å²) in [6, 6.07) is 9.37. The summed E-state index contributed by atoms with van der Waals surface area (Å²) in [5, 5.41) is 9.89. The molecule has 0 aliphatic carbocycles. The Morgan fingerprint density at radius 1 is 1.10 bits per heavy atom. The first-order chi connectivity index (χ1) is 13.6. The summed E-state index contributed by atoms with van der Waals surface area (Å²) >= 11 is 0. The van der Waals surface area contributed by atoms with Gasteiger partial charge in [0.15, 0.2) is 0 Å². The van der Waals surface area contributed by atoms with Crippen LogP contribution in [-0.2, 0) is 20.9 Å². The number of carbonyl (C=O) groups excluding carboxylic acids is 2. The zero-order chi connectivity index (χ0) is 21.2. The van der Waals surface area contributed by atoms with Crippen LogP contribution in [0.3, 0.4) is 0 Å². The fourth-order valence-electron chi connectivity index (χ4n) is 3.97. The third-order valence-electron chi connectivity index (χ3n) is 5.50. The van der Waals surface area contributed by atoms with E-state index in [-0.39, 0.29) is 45.1 Å². The van der Waals surface area contributed by atoms with Crippen LogP contribution in [0.25, 0.3) is 0 Å². The summed E-state index contributed by atoms with van der Waals surface area (Å²) in [6.07, 6.45) is -0.721. The Morgan fingerprint density at radius 3 is 2.38 bits per heavy atom. The molecule has 0 radical (unpaired) electrons. The lowest BCUT2D eigenvalue weighted by Gasteiger charge is -2.39. The van der Waals surface area contributed by atoms with Crippen molar-refractivity contribution in [3.8, 4) is 0 Å². The highest BCUT2D eigenvalue weighted by Crippen LogP contribution is 2.43. The molecule has 29 heavy (non-hydrogen) atoms. The van der Waals surface area contributed by atoms with Gasteiger partial charge in [0.2, 0.25) is 0 Å². The zero-order valence-electron chi connectivity index (χ0n) is 17.1. The van der Waals surface area contributed by atoms with Gasteiger partial charge >= 0.3 is 18.2 Å². The Morgan fingerprint density at radius 2 is 1.76 bits per heavy atom. The first kappa shape index (κ1) is 21.0. The molecule has 0 aromatic heterocycles. The number of carboxylic acids is 1. The van der Waals surface area contributed by atoms with E-state index in [4.69, 9.17) is 9.47 Å². The molecule has 158 valence electrons. The number of hydrogen-bond acceptors (Lipinski definition) is 5. The summed E-state index contributed by atoms with van der Waals surface area (Å²) in [5.74, 6) is -1.31. The van der Waals surface area contributed by atoms with E-state index >= 15 is 0 Å². The monoisotopic (exact) mass is 404 g/mol. The van der Waals surface area contributed by atoms with Crippen molar-refractivity contribution in [1.82, 2.24) is 9.80 Å². The number of carboxylic acid groups (broad SMARTS) is 1. The Balaban J connectivity index is 1.65. The number of amides is 2. The van der Waals surface area contributed by atoms with E-state index in [0.29, 0.717) is 0 Å². The standard InChI is InChI=1S/C21H28N2O6/c1-20(2,3)29-19(27)23-12-16-11-22(10-9-21(16,14-23)17(24)25)18(26)28-13-15-7-5-4-6-8-15/h4-8,16H,9-14H2,1-3H3,(H,24,25)/t16-,21-/m1/s1. The lowest BCUT2D eigenvalue weighted by Crippen LogP contribution is -2.52. The van der Waals surface area contributed by atoms with E-state index in [1.807, 2.05) is 30.3 Å². The Hall–Kier alpha value is -2.77. The normalized spacial score (nSPS) is 24.0. The molecule has 0 bridgehead atoms. The van der Waals surface area contributed by atoms with E-state index in [1.54, 1.807) is 20.8 Å². The quantitative estimate of drug-likeness (QED) is 0.832. The molecule has 2 saturated heterocycles. The summed E-state index contributed by atoms with van der Waals surface area (Å²) in [4.78, 5) is 40.0. The molecule has 2 heterocycles. The highest BCUT2D eigenvalue weighted by molar-refractivity contribution is 5.79. The van der Waals surface area contributed by atoms with Crippen LogP contribution in [0.2, 0.25) is 0 Å². The van der Waals surface area contributed by atoms with E-state index in [2.05, 4.69) is 0 Å². The number of ether oxygens (including phenoxy) is 2. The predicted octanol–water partition coefficient (Wildman–Crippen LogP) is 2.97. The molecular formula is C21H28N2O6. The van der Waals surface area contributed by atoms with Gasteiger partial charge in [0.05, 0.1) is 5.41 Å². The van der Waals surface area contributed by atoms with Crippen LogP contribution in [0.4, 0.5) is 9.59 Å². The molecule has 0 spiro atoms. The number of hydrogen-bond donors (Lipinski definition) is 1. The van der Waals surface area contributed by atoms with Gasteiger partial charge in [0, 0.05) is 32.1 Å².